The Morgan fingerprint density at radius 3 is 2.76 bits per heavy atom. The van der Waals surface area contributed by atoms with Gasteiger partial charge in [-0.05, 0) is 12.1 Å². The van der Waals surface area contributed by atoms with Crippen molar-refractivity contribution >= 4 is 23.2 Å². The fraction of sp³-hybridized carbons (Fsp3) is 0.385. The first-order valence-electron chi connectivity index (χ1n) is 5.63. The van der Waals surface area contributed by atoms with Crippen LogP contribution in [0.1, 0.15) is 5.56 Å². The van der Waals surface area contributed by atoms with E-state index in [4.69, 9.17) is 23.2 Å². The van der Waals surface area contributed by atoms with Crippen molar-refractivity contribution in [1.29, 1.82) is 0 Å². The topological polar surface area (TPSA) is 15.3 Å². The van der Waals surface area contributed by atoms with E-state index in [0.29, 0.717) is 10.0 Å². The van der Waals surface area contributed by atoms with Crippen molar-refractivity contribution in [3.63, 3.8) is 0 Å². The fourth-order valence-electron chi connectivity index (χ4n) is 1.72. The Balaban J connectivity index is 1.98. The largest absolute Gasteiger partial charge is 0.314 e. The minimum absolute atomic E-state index is 0.543. The van der Waals surface area contributed by atoms with Gasteiger partial charge in [0.1, 0.15) is 0 Å². The molecule has 0 spiro atoms. The van der Waals surface area contributed by atoms with Gasteiger partial charge < -0.3 is 5.32 Å². The Kier molecular flexibility index (Phi) is 4.70. The molecule has 1 aromatic rings. The molecule has 1 aliphatic heterocycles. The molecule has 1 aromatic carbocycles. The van der Waals surface area contributed by atoms with Crippen molar-refractivity contribution in [3.8, 4) is 11.8 Å². The molecule has 0 unspecified atom stereocenters. The Labute approximate surface area is 112 Å². The van der Waals surface area contributed by atoms with Gasteiger partial charge in [-0.15, -0.1) is 0 Å². The number of hydrogen-bond donors (Lipinski definition) is 1. The summed E-state index contributed by atoms with van der Waals surface area (Å²) in [7, 11) is 0. The van der Waals surface area contributed by atoms with Gasteiger partial charge in [-0.25, -0.2) is 0 Å². The Morgan fingerprint density at radius 2 is 2.00 bits per heavy atom. The highest BCUT2D eigenvalue weighted by Gasteiger charge is 2.07. The summed E-state index contributed by atoms with van der Waals surface area (Å²) >= 11 is 12.0. The van der Waals surface area contributed by atoms with Crippen molar-refractivity contribution in [2.45, 2.75) is 0 Å². The van der Waals surface area contributed by atoms with E-state index in [0.717, 1.165) is 38.3 Å². The molecule has 0 aliphatic carbocycles. The lowest BCUT2D eigenvalue weighted by molar-refractivity contribution is 0.268. The van der Waals surface area contributed by atoms with E-state index in [9.17, 15) is 0 Å². The van der Waals surface area contributed by atoms with Gasteiger partial charge in [0.25, 0.3) is 0 Å². The number of halogens is 2. The van der Waals surface area contributed by atoms with Crippen LogP contribution in [0.15, 0.2) is 18.2 Å². The second-order valence-electron chi connectivity index (χ2n) is 3.93. The molecular formula is C13H14Cl2N2. The van der Waals surface area contributed by atoms with E-state index in [-0.39, 0.29) is 0 Å². The first kappa shape index (κ1) is 12.7. The van der Waals surface area contributed by atoms with Gasteiger partial charge in [0.15, 0.2) is 0 Å². The van der Waals surface area contributed by atoms with Crippen LogP contribution in [-0.2, 0) is 0 Å². The van der Waals surface area contributed by atoms with E-state index in [2.05, 4.69) is 22.1 Å². The maximum atomic E-state index is 6.06. The zero-order chi connectivity index (χ0) is 12.1. The van der Waals surface area contributed by atoms with E-state index in [1.807, 2.05) is 12.1 Å². The van der Waals surface area contributed by atoms with Crippen LogP contribution < -0.4 is 5.32 Å². The second-order valence-corrected chi connectivity index (χ2v) is 4.71. The van der Waals surface area contributed by atoms with Crippen molar-refractivity contribution in [3.05, 3.63) is 33.8 Å². The molecule has 0 aromatic heterocycles. The number of piperazine rings is 1. The lowest BCUT2D eigenvalue weighted by Crippen LogP contribution is -2.43. The molecule has 2 nitrogen and oxygen atoms in total. The third-order valence-electron chi connectivity index (χ3n) is 2.69. The van der Waals surface area contributed by atoms with Crippen LogP contribution in [-0.4, -0.2) is 37.6 Å². The molecule has 0 amide bonds. The molecule has 2 rings (SSSR count). The van der Waals surface area contributed by atoms with Crippen LogP contribution in [0.5, 0.6) is 0 Å². The Hall–Kier alpha value is -0.720. The highest BCUT2D eigenvalue weighted by atomic mass is 35.5. The van der Waals surface area contributed by atoms with Crippen molar-refractivity contribution in [2.75, 3.05) is 32.7 Å². The zero-order valence-electron chi connectivity index (χ0n) is 9.47. The van der Waals surface area contributed by atoms with Gasteiger partial charge in [0.05, 0.1) is 16.6 Å². The Bertz CT molecular complexity index is 442. The summed E-state index contributed by atoms with van der Waals surface area (Å²) < 4.78 is 0. The van der Waals surface area contributed by atoms with Gasteiger partial charge in [-0.1, -0.05) is 41.1 Å². The number of nitrogens with one attached hydrogen (secondary N) is 1. The third kappa shape index (κ3) is 3.62. The highest BCUT2D eigenvalue weighted by Crippen LogP contribution is 2.24. The molecular weight excluding hydrogens is 255 g/mol. The van der Waals surface area contributed by atoms with E-state index in [1.165, 1.54) is 0 Å². The van der Waals surface area contributed by atoms with Gasteiger partial charge in [-0.2, -0.15) is 0 Å². The molecule has 0 radical (unpaired) electrons. The highest BCUT2D eigenvalue weighted by molar-refractivity contribution is 6.42. The summed E-state index contributed by atoms with van der Waals surface area (Å²) in [6, 6.07) is 5.52. The van der Waals surface area contributed by atoms with Crippen LogP contribution in [0.3, 0.4) is 0 Å². The van der Waals surface area contributed by atoms with Crippen LogP contribution in [0.25, 0.3) is 0 Å². The van der Waals surface area contributed by atoms with Gasteiger partial charge in [0.2, 0.25) is 0 Å². The van der Waals surface area contributed by atoms with E-state index < -0.39 is 0 Å². The molecule has 17 heavy (non-hydrogen) atoms. The van der Waals surface area contributed by atoms with Gasteiger partial charge in [-0.3, -0.25) is 4.90 Å². The molecule has 0 atom stereocenters. The maximum Gasteiger partial charge on any atom is 0.0748 e. The van der Waals surface area contributed by atoms with Crippen molar-refractivity contribution < 1.29 is 0 Å². The molecule has 1 saturated heterocycles. The first-order chi connectivity index (χ1) is 8.27. The number of hydrogen-bond acceptors (Lipinski definition) is 2. The normalized spacial score (nSPS) is 16.4. The lowest BCUT2D eigenvalue weighted by atomic mass is 10.2. The molecule has 1 heterocycles. The van der Waals surface area contributed by atoms with E-state index in [1.54, 1.807) is 6.07 Å². The number of benzene rings is 1. The maximum absolute atomic E-state index is 6.06. The number of nitrogens with zero attached hydrogens (tertiary/aromatic N) is 1. The van der Waals surface area contributed by atoms with Gasteiger partial charge >= 0.3 is 0 Å². The molecule has 1 N–H and O–H groups in total. The predicted octanol–water partition coefficient (Wildman–Crippen LogP) is 2.25. The summed E-state index contributed by atoms with van der Waals surface area (Å²) in [4.78, 5) is 2.32. The molecule has 90 valence electrons. The second kappa shape index (κ2) is 6.28. The van der Waals surface area contributed by atoms with Crippen molar-refractivity contribution in [2.24, 2.45) is 0 Å². The van der Waals surface area contributed by atoms with Crippen LogP contribution in [0, 0.1) is 11.8 Å². The quantitative estimate of drug-likeness (QED) is 0.787. The van der Waals surface area contributed by atoms with Crippen LogP contribution in [0.2, 0.25) is 10.0 Å². The van der Waals surface area contributed by atoms with Gasteiger partial charge in [0, 0.05) is 31.7 Å². The van der Waals surface area contributed by atoms with E-state index >= 15 is 0 Å². The first-order valence-corrected chi connectivity index (χ1v) is 6.39. The smallest absolute Gasteiger partial charge is 0.0748 e. The van der Waals surface area contributed by atoms with Crippen LogP contribution >= 0.6 is 23.2 Å². The third-order valence-corrected chi connectivity index (χ3v) is 3.51. The summed E-state index contributed by atoms with van der Waals surface area (Å²) in [5, 5.41) is 4.41. The SMILES string of the molecule is Clc1cccc(C#CCN2CCNCC2)c1Cl. The summed E-state index contributed by atoms with van der Waals surface area (Å²) in [5.41, 5.74) is 0.800. The lowest BCUT2D eigenvalue weighted by Gasteiger charge is -2.24. The minimum atomic E-state index is 0.543. The summed E-state index contributed by atoms with van der Waals surface area (Å²) in [5.74, 6) is 6.22. The molecule has 1 fully saturated rings. The predicted molar refractivity (Wildman–Crippen MR) is 72.6 cm³/mol. The zero-order valence-corrected chi connectivity index (χ0v) is 11.0. The van der Waals surface area contributed by atoms with Crippen molar-refractivity contribution in [1.82, 2.24) is 10.2 Å². The fourth-order valence-corrected chi connectivity index (χ4v) is 2.06. The average molecular weight is 269 g/mol. The molecule has 0 saturated carbocycles. The summed E-state index contributed by atoms with van der Waals surface area (Å²) in [6.07, 6.45) is 0. The summed E-state index contributed by atoms with van der Waals surface area (Å²) in [6.45, 7) is 4.97. The number of rotatable bonds is 1. The van der Waals surface area contributed by atoms with Crippen LogP contribution in [0.4, 0.5) is 0 Å². The average Bonchev–Trinajstić information content (AvgIpc) is 2.36. The molecule has 1 aliphatic rings. The minimum Gasteiger partial charge on any atom is -0.314 e. The standard InChI is InChI=1S/C13H14Cl2N2/c14-12-5-1-3-11(13(12)15)4-2-8-17-9-6-16-7-10-17/h1,3,5,16H,6-10H2. The Morgan fingerprint density at radius 1 is 1.24 bits per heavy atom. The molecule has 0 bridgehead atoms. The molecule has 4 heteroatoms. The monoisotopic (exact) mass is 268 g/mol.